The van der Waals surface area contributed by atoms with Gasteiger partial charge in [0.05, 0.1) is 11.9 Å². The third kappa shape index (κ3) is 3.16. The Bertz CT molecular complexity index is 538. The molecule has 0 aromatic carbocycles. The second-order valence-corrected chi connectivity index (χ2v) is 5.31. The van der Waals surface area contributed by atoms with Gasteiger partial charge in [-0.05, 0) is 17.4 Å². The van der Waals surface area contributed by atoms with Crippen LogP contribution in [0, 0.1) is 5.92 Å². The normalized spacial score (nSPS) is 10.8. The molecule has 0 atom stereocenters. The van der Waals surface area contributed by atoms with Crippen molar-refractivity contribution in [1.29, 1.82) is 0 Å². The Balaban J connectivity index is 1.94. The summed E-state index contributed by atoms with van der Waals surface area (Å²) in [5.41, 5.74) is 0. The predicted octanol–water partition coefficient (Wildman–Crippen LogP) is 1.88. The Labute approximate surface area is 110 Å². The maximum absolute atomic E-state index is 11.6. The Kier molecular flexibility index (Phi) is 4.09. The number of carbonyl (C=O) groups excluding carboxylic acids is 1. The molecule has 0 aliphatic rings. The van der Waals surface area contributed by atoms with E-state index in [0.717, 1.165) is 10.2 Å². The van der Waals surface area contributed by atoms with E-state index in [1.54, 1.807) is 11.3 Å². The maximum atomic E-state index is 11.6. The minimum absolute atomic E-state index is 0.0225. The molecule has 0 saturated heterocycles. The third-order valence-corrected chi connectivity index (χ3v) is 3.21. The van der Waals surface area contributed by atoms with E-state index < -0.39 is 0 Å². The summed E-state index contributed by atoms with van der Waals surface area (Å²) in [6.07, 6.45) is 1.51. The molecule has 0 fully saturated rings. The Morgan fingerprint density at radius 2 is 2.28 bits per heavy atom. The first-order valence-electron chi connectivity index (χ1n) is 5.85. The summed E-state index contributed by atoms with van der Waals surface area (Å²) < 4.78 is 0. The van der Waals surface area contributed by atoms with Gasteiger partial charge in [-0.3, -0.25) is 4.79 Å². The van der Waals surface area contributed by atoms with Gasteiger partial charge < -0.3 is 10.6 Å². The molecule has 2 rings (SSSR count). The molecule has 0 saturated carbocycles. The van der Waals surface area contributed by atoms with Gasteiger partial charge in [0.1, 0.15) is 17.0 Å². The highest BCUT2D eigenvalue weighted by Gasteiger charge is 2.06. The number of aromatic nitrogens is 2. The first kappa shape index (κ1) is 12.8. The molecule has 2 heterocycles. The van der Waals surface area contributed by atoms with Gasteiger partial charge in [0, 0.05) is 6.54 Å². The first-order chi connectivity index (χ1) is 8.66. The number of anilines is 1. The van der Waals surface area contributed by atoms with E-state index in [-0.39, 0.29) is 12.5 Å². The Morgan fingerprint density at radius 1 is 1.44 bits per heavy atom. The molecular weight excluding hydrogens is 248 g/mol. The van der Waals surface area contributed by atoms with E-state index in [0.29, 0.717) is 18.3 Å². The molecule has 6 heteroatoms. The van der Waals surface area contributed by atoms with Crippen LogP contribution in [0.1, 0.15) is 13.8 Å². The van der Waals surface area contributed by atoms with Gasteiger partial charge in [-0.25, -0.2) is 9.97 Å². The molecule has 5 nitrogen and oxygen atoms in total. The van der Waals surface area contributed by atoms with E-state index in [4.69, 9.17) is 0 Å². The number of amides is 1. The number of carbonyl (C=O) groups is 1. The maximum Gasteiger partial charge on any atom is 0.239 e. The molecule has 2 aromatic rings. The average Bonchev–Trinajstić information content (AvgIpc) is 2.82. The lowest BCUT2D eigenvalue weighted by Gasteiger charge is -2.09. The summed E-state index contributed by atoms with van der Waals surface area (Å²) in [6, 6.07) is 1.95. The first-order valence-corrected chi connectivity index (χ1v) is 6.73. The van der Waals surface area contributed by atoms with Crippen molar-refractivity contribution in [3.05, 3.63) is 17.8 Å². The van der Waals surface area contributed by atoms with Crippen LogP contribution in [0.25, 0.3) is 10.2 Å². The number of nitrogens with zero attached hydrogens (tertiary/aromatic N) is 2. The number of hydrogen-bond acceptors (Lipinski definition) is 5. The molecule has 2 N–H and O–H groups in total. The van der Waals surface area contributed by atoms with Crippen molar-refractivity contribution >= 4 is 33.3 Å². The lowest BCUT2D eigenvalue weighted by atomic mass is 10.2. The molecule has 0 aliphatic heterocycles. The lowest BCUT2D eigenvalue weighted by molar-refractivity contribution is -0.119. The molecule has 0 radical (unpaired) electrons. The quantitative estimate of drug-likeness (QED) is 0.865. The van der Waals surface area contributed by atoms with Gasteiger partial charge in [-0.2, -0.15) is 0 Å². The van der Waals surface area contributed by atoms with Gasteiger partial charge in [-0.1, -0.05) is 13.8 Å². The lowest BCUT2D eigenvalue weighted by Crippen LogP contribution is -2.32. The van der Waals surface area contributed by atoms with Gasteiger partial charge >= 0.3 is 0 Å². The number of thiophene rings is 1. The topological polar surface area (TPSA) is 66.9 Å². The van der Waals surface area contributed by atoms with Crippen molar-refractivity contribution in [2.75, 3.05) is 18.4 Å². The summed E-state index contributed by atoms with van der Waals surface area (Å²) >= 11 is 1.56. The van der Waals surface area contributed by atoms with Crippen LogP contribution in [0.3, 0.4) is 0 Å². The zero-order valence-electron chi connectivity index (χ0n) is 10.4. The number of rotatable bonds is 5. The van der Waals surface area contributed by atoms with Crippen LogP contribution in [0.2, 0.25) is 0 Å². The highest BCUT2D eigenvalue weighted by molar-refractivity contribution is 7.16. The summed E-state index contributed by atoms with van der Waals surface area (Å²) in [5.74, 6) is 1.14. The molecule has 0 spiro atoms. The SMILES string of the molecule is CC(C)CNC(=O)CNc1ncnc2sccc12. The molecule has 0 bridgehead atoms. The third-order valence-electron chi connectivity index (χ3n) is 2.39. The smallest absolute Gasteiger partial charge is 0.239 e. The van der Waals surface area contributed by atoms with Gasteiger partial charge in [-0.15, -0.1) is 11.3 Å². The molecule has 2 aromatic heterocycles. The fourth-order valence-electron chi connectivity index (χ4n) is 1.48. The van der Waals surface area contributed by atoms with E-state index >= 15 is 0 Å². The predicted molar refractivity (Wildman–Crippen MR) is 73.8 cm³/mol. The summed E-state index contributed by atoms with van der Waals surface area (Å²) in [5, 5.41) is 8.81. The van der Waals surface area contributed by atoms with Crippen LogP contribution in [0.15, 0.2) is 17.8 Å². The van der Waals surface area contributed by atoms with Crippen LogP contribution >= 0.6 is 11.3 Å². The van der Waals surface area contributed by atoms with Crippen LogP contribution in [-0.2, 0) is 4.79 Å². The zero-order chi connectivity index (χ0) is 13.0. The summed E-state index contributed by atoms with van der Waals surface area (Å²) in [6.45, 7) is 5.05. The van der Waals surface area contributed by atoms with E-state index in [1.165, 1.54) is 6.33 Å². The number of hydrogen-bond donors (Lipinski definition) is 2. The molecule has 1 amide bonds. The van der Waals surface area contributed by atoms with Crippen molar-refractivity contribution in [2.24, 2.45) is 5.92 Å². The molecule has 0 unspecified atom stereocenters. The van der Waals surface area contributed by atoms with E-state index in [2.05, 4.69) is 34.4 Å². The van der Waals surface area contributed by atoms with Gasteiger partial charge in [0.15, 0.2) is 0 Å². The summed E-state index contributed by atoms with van der Waals surface area (Å²) in [4.78, 5) is 20.8. The highest BCUT2D eigenvalue weighted by atomic mass is 32.1. The van der Waals surface area contributed by atoms with Crippen molar-refractivity contribution in [3.63, 3.8) is 0 Å². The highest BCUT2D eigenvalue weighted by Crippen LogP contribution is 2.23. The van der Waals surface area contributed by atoms with Crippen LogP contribution in [0.5, 0.6) is 0 Å². The molecule has 96 valence electrons. The van der Waals surface area contributed by atoms with Crippen molar-refractivity contribution < 1.29 is 4.79 Å². The summed E-state index contributed by atoms with van der Waals surface area (Å²) in [7, 11) is 0. The van der Waals surface area contributed by atoms with E-state index in [9.17, 15) is 4.79 Å². The van der Waals surface area contributed by atoms with E-state index in [1.807, 2.05) is 11.4 Å². The number of fused-ring (bicyclic) bond motifs is 1. The van der Waals surface area contributed by atoms with Crippen LogP contribution < -0.4 is 10.6 Å². The zero-order valence-corrected chi connectivity index (χ0v) is 11.3. The largest absolute Gasteiger partial charge is 0.360 e. The monoisotopic (exact) mass is 264 g/mol. The standard InChI is InChI=1S/C12H16N4OS/c1-8(2)5-13-10(17)6-14-11-9-3-4-18-12(9)16-7-15-11/h3-4,7-8H,5-6H2,1-2H3,(H,13,17)(H,14,15,16). The number of nitrogens with one attached hydrogen (secondary N) is 2. The van der Waals surface area contributed by atoms with Gasteiger partial charge in [0.25, 0.3) is 0 Å². The molecule has 18 heavy (non-hydrogen) atoms. The fourth-order valence-corrected chi connectivity index (χ4v) is 2.21. The van der Waals surface area contributed by atoms with Crippen LogP contribution in [-0.4, -0.2) is 29.0 Å². The van der Waals surface area contributed by atoms with Crippen molar-refractivity contribution in [3.8, 4) is 0 Å². The average molecular weight is 264 g/mol. The van der Waals surface area contributed by atoms with Gasteiger partial charge in [0.2, 0.25) is 5.91 Å². The fraction of sp³-hybridized carbons (Fsp3) is 0.417. The molecular formula is C12H16N4OS. The minimum atomic E-state index is -0.0225. The van der Waals surface area contributed by atoms with Crippen LogP contribution in [0.4, 0.5) is 5.82 Å². The van der Waals surface area contributed by atoms with Crippen molar-refractivity contribution in [2.45, 2.75) is 13.8 Å². The molecule has 0 aliphatic carbocycles. The Hall–Kier alpha value is -1.69. The Morgan fingerprint density at radius 3 is 3.06 bits per heavy atom. The minimum Gasteiger partial charge on any atom is -0.360 e. The second-order valence-electron chi connectivity index (χ2n) is 4.41. The van der Waals surface area contributed by atoms with Crippen molar-refractivity contribution in [1.82, 2.24) is 15.3 Å². The second kappa shape index (κ2) is 5.77.